The number of benzene rings is 3. The first-order chi connectivity index (χ1) is 15.9. The van der Waals surface area contributed by atoms with Crippen LogP contribution in [0.4, 0.5) is 5.69 Å². The van der Waals surface area contributed by atoms with Crippen LogP contribution in [-0.2, 0) is 20.6 Å². The first kappa shape index (κ1) is 22.9. The Balaban J connectivity index is 1.57. The topological polar surface area (TPSA) is 75.7 Å². The van der Waals surface area contributed by atoms with Crippen LogP contribution >= 0.6 is 0 Å². The minimum absolute atomic E-state index is 0.0810. The van der Waals surface area contributed by atoms with Gasteiger partial charge in [-0.05, 0) is 36.6 Å². The summed E-state index contributed by atoms with van der Waals surface area (Å²) in [6.07, 6.45) is -0.251. The van der Waals surface area contributed by atoms with Crippen LogP contribution in [0.1, 0.15) is 36.1 Å². The molecule has 0 bridgehead atoms. The fourth-order valence-corrected chi connectivity index (χ4v) is 5.53. The van der Waals surface area contributed by atoms with Gasteiger partial charge in [-0.25, -0.2) is 8.42 Å². The SMILES string of the molecule is CC[C@H](NC(=O)[C@H]1CN(S(=O)(=O)Cc2ccccc2)c2ccccc2O1)c1ccc(C)cc1. The quantitative estimate of drug-likeness (QED) is 0.564. The second-order valence-corrected chi connectivity index (χ2v) is 10.1. The van der Waals surface area contributed by atoms with Crippen LogP contribution in [-0.4, -0.2) is 27.0 Å². The minimum atomic E-state index is -3.73. The lowest BCUT2D eigenvalue weighted by atomic mass is 10.0. The predicted octanol–water partition coefficient (Wildman–Crippen LogP) is 4.36. The van der Waals surface area contributed by atoms with Gasteiger partial charge in [-0.2, -0.15) is 0 Å². The molecule has 3 aromatic carbocycles. The summed E-state index contributed by atoms with van der Waals surface area (Å²) in [5.41, 5.74) is 3.28. The molecule has 0 aromatic heterocycles. The highest BCUT2D eigenvalue weighted by molar-refractivity contribution is 7.92. The number of rotatable bonds is 7. The van der Waals surface area contributed by atoms with Crippen molar-refractivity contribution in [1.82, 2.24) is 5.32 Å². The van der Waals surface area contributed by atoms with Crippen molar-refractivity contribution in [2.75, 3.05) is 10.8 Å². The molecule has 172 valence electrons. The average molecular weight is 465 g/mol. The average Bonchev–Trinajstić information content (AvgIpc) is 2.82. The molecule has 3 aromatic rings. The van der Waals surface area contributed by atoms with Crippen molar-refractivity contribution < 1.29 is 17.9 Å². The Bertz CT molecular complexity index is 1210. The molecule has 0 aliphatic carbocycles. The summed E-state index contributed by atoms with van der Waals surface area (Å²) in [5.74, 6) is -0.113. The predicted molar refractivity (Wildman–Crippen MR) is 130 cm³/mol. The molecule has 0 saturated carbocycles. The van der Waals surface area contributed by atoms with Crippen molar-refractivity contribution in [1.29, 1.82) is 0 Å². The van der Waals surface area contributed by atoms with E-state index in [4.69, 9.17) is 4.74 Å². The van der Waals surface area contributed by atoms with E-state index < -0.39 is 16.1 Å². The van der Waals surface area contributed by atoms with E-state index in [1.807, 2.05) is 56.3 Å². The van der Waals surface area contributed by atoms with Gasteiger partial charge in [-0.15, -0.1) is 0 Å². The van der Waals surface area contributed by atoms with E-state index in [9.17, 15) is 13.2 Å². The number of anilines is 1. The maximum Gasteiger partial charge on any atom is 0.263 e. The zero-order valence-corrected chi connectivity index (χ0v) is 19.6. The third kappa shape index (κ3) is 5.20. The zero-order chi connectivity index (χ0) is 23.4. The molecule has 1 aliphatic rings. The summed E-state index contributed by atoms with van der Waals surface area (Å²) in [5, 5.41) is 3.04. The molecule has 1 heterocycles. The Hall–Kier alpha value is -3.32. The van der Waals surface area contributed by atoms with Gasteiger partial charge in [0.05, 0.1) is 24.0 Å². The normalized spacial score (nSPS) is 16.4. The summed E-state index contributed by atoms with van der Waals surface area (Å²) in [6, 6.07) is 23.8. The molecule has 7 heteroatoms. The van der Waals surface area contributed by atoms with Crippen LogP contribution in [0.25, 0.3) is 0 Å². The molecule has 0 radical (unpaired) electrons. The molecule has 6 nitrogen and oxygen atoms in total. The number of hydrogen-bond acceptors (Lipinski definition) is 4. The summed E-state index contributed by atoms with van der Waals surface area (Å²) >= 11 is 0. The van der Waals surface area contributed by atoms with Gasteiger partial charge in [0, 0.05) is 0 Å². The maximum absolute atomic E-state index is 13.4. The molecule has 2 atom stereocenters. The molecule has 0 spiro atoms. The van der Waals surface area contributed by atoms with Crippen LogP contribution in [0.3, 0.4) is 0 Å². The monoisotopic (exact) mass is 464 g/mol. The molecule has 0 fully saturated rings. The third-order valence-electron chi connectivity index (χ3n) is 5.76. The Labute approximate surface area is 195 Å². The smallest absolute Gasteiger partial charge is 0.263 e. The van der Waals surface area contributed by atoms with Gasteiger partial charge in [-0.1, -0.05) is 79.2 Å². The lowest BCUT2D eigenvalue weighted by molar-refractivity contribution is -0.128. The number of para-hydroxylation sites is 2. The molecule has 1 N–H and O–H groups in total. The van der Waals surface area contributed by atoms with Crippen LogP contribution < -0.4 is 14.4 Å². The first-order valence-corrected chi connectivity index (χ1v) is 12.7. The molecule has 4 rings (SSSR count). The first-order valence-electron chi connectivity index (χ1n) is 11.0. The number of nitrogens with zero attached hydrogens (tertiary/aromatic N) is 1. The highest BCUT2D eigenvalue weighted by atomic mass is 32.2. The molecule has 1 amide bonds. The van der Waals surface area contributed by atoms with E-state index in [2.05, 4.69) is 5.32 Å². The molecule has 0 unspecified atom stereocenters. The summed E-state index contributed by atoms with van der Waals surface area (Å²) in [6.45, 7) is 3.93. The number of amides is 1. The van der Waals surface area contributed by atoms with Gasteiger partial charge in [0.2, 0.25) is 10.0 Å². The number of nitrogens with one attached hydrogen (secondary N) is 1. The second-order valence-electron chi connectivity index (χ2n) is 8.23. The number of hydrogen-bond donors (Lipinski definition) is 1. The molecule has 1 aliphatic heterocycles. The highest BCUT2D eigenvalue weighted by Gasteiger charge is 2.37. The summed E-state index contributed by atoms with van der Waals surface area (Å²) in [4.78, 5) is 13.2. The Morgan fingerprint density at radius 2 is 1.70 bits per heavy atom. The standard InChI is InChI=1S/C26H28N2O4S/c1-3-22(21-15-13-19(2)14-16-21)27-26(29)25-17-28(23-11-7-8-12-24(23)32-25)33(30,31)18-20-9-5-4-6-10-20/h4-16,22,25H,3,17-18H2,1-2H3,(H,27,29)/t22-,25+/m0/s1. The van der Waals surface area contributed by atoms with Crippen molar-refractivity contribution in [2.24, 2.45) is 0 Å². The number of ether oxygens (including phenoxy) is 1. The van der Waals surface area contributed by atoms with Crippen LogP contribution in [0.2, 0.25) is 0 Å². The van der Waals surface area contributed by atoms with E-state index in [0.717, 1.165) is 11.1 Å². The van der Waals surface area contributed by atoms with Crippen molar-refractivity contribution in [3.63, 3.8) is 0 Å². The molecule has 0 saturated heterocycles. The van der Waals surface area contributed by atoms with Crippen molar-refractivity contribution in [3.05, 3.63) is 95.6 Å². The summed E-state index contributed by atoms with van der Waals surface area (Å²) < 4.78 is 34.0. The fourth-order valence-electron chi connectivity index (χ4n) is 3.95. The van der Waals surface area contributed by atoms with E-state index >= 15 is 0 Å². The van der Waals surface area contributed by atoms with E-state index in [0.29, 0.717) is 23.4 Å². The van der Waals surface area contributed by atoms with E-state index in [-0.39, 0.29) is 24.2 Å². The summed E-state index contributed by atoms with van der Waals surface area (Å²) in [7, 11) is -3.73. The van der Waals surface area contributed by atoms with Gasteiger partial charge in [0.25, 0.3) is 5.91 Å². The Morgan fingerprint density at radius 3 is 2.39 bits per heavy atom. The van der Waals surface area contributed by atoms with E-state index in [1.54, 1.807) is 36.4 Å². The number of carbonyl (C=O) groups is 1. The lowest BCUT2D eigenvalue weighted by Crippen LogP contribution is -2.51. The Kier molecular flexibility index (Phi) is 6.70. The van der Waals surface area contributed by atoms with Gasteiger partial charge >= 0.3 is 0 Å². The van der Waals surface area contributed by atoms with Gasteiger partial charge in [0.15, 0.2) is 6.10 Å². The number of sulfonamides is 1. The fraction of sp³-hybridized carbons (Fsp3) is 0.269. The largest absolute Gasteiger partial charge is 0.476 e. The van der Waals surface area contributed by atoms with E-state index in [1.165, 1.54) is 4.31 Å². The maximum atomic E-state index is 13.4. The third-order valence-corrected chi connectivity index (χ3v) is 7.47. The lowest BCUT2D eigenvalue weighted by Gasteiger charge is -2.35. The number of carbonyl (C=O) groups excluding carboxylic acids is 1. The number of aryl methyl sites for hydroxylation is 1. The van der Waals surface area contributed by atoms with Crippen molar-refractivity contribution >= 4 is 21.6 Å². The van der Waals surface area contributed by atoms with Crippen LogP contribution in [0.5, 0.6) is 5.75 Å². The number of fused-ring (bicyclic) bond motifs is 1. The van der Waals surface area contributed by atoms with Gasteiger partial charge in [0.1, 0.15) is 5.75 Å². The second kappa shape index (κ2) is 9.67. The van der Waals surface area contributed by atoms with Crippen molar-refractivity contribution in [3.8, 4) is 5.75 Å². The zero-order valence-electron chi connectivity index (χ0n) is 18.8. The minimum Gasteiger partial charge on any atom is -0.476 e. The van der Waals surface area contributed by atoms with Crippen LogP contribution in [0.15, 0.2) is 78.9 Å². The molecule has 33 heavy (non-hydrogen) atoms. The van der Waals surface area contributed by atoms with Crippen LogP contribution in [0, 0.1) is 6.92 Å². The van der Waals surface area contributed by atoms with Crippen molar-refractivity contribution in [2.45, 2.75) is 38.2 Å². The van der Waals surface area contributed by atoms with Gasteiger partial charge in [-0.3, -0.25) is 9.10 Å². The highest BCUT2D eigenvalue weighted by Crippen LogP contribution is 2.36. The molecular formula is C26H28N2O4S. The van der Waals surface area contributed by atoms with Gasteiger partial charge < -0.3 is 10.1 Å². The molecular weight excluding hydrogens is 436 g/mol. The Morgan fingerprint density at radius 1 is 1.03 bits per heavy atom.